The number of carboxylic acid groups (broad SMARTS) is 1. The Labute approximate surface area is 181 Å². The van der Waals surface area contributed by atoms with E-state index in [0.717, 1.165) is 24.5 Å². The van der Waals surface area contributed by atoms with Crippen LogP contribution in [0.1, 0.15) is 46.5 Å². The van der Waals surface area contributed by atoms with Gasteiger partial charge in [0.05, 0.1) is 11.0 Å². The van der Waals surface area contributed by atoms with Crippen molar-refractivity contribution >= 4 is 17.8 Å². The summed E-state index contributed by atoms with van der Waals surface area (Å²) in [5.74, 6) is 0.111. The van der Waals surface area contributed by atoms with Crippen molar-refractivity contribution in [3.63, 3.8) is 0 Å². The van der Waals surface area contributed by atoms with E-state index in [0.29, 0.717) is 12.0 Å². The van der Waals surface area contributed by atoms with Crippen LogP contribution >= 0.6 is 0 Å². The first-order valence-electron chi connectivity index (χ1n) is 10.5. The minimum atomic E-state index is -1.16. The van der Waals surface area contributed by atoms with Crippen LogP contribution in [0.3, 0.4) is 0 Å². The second kappa shape index (κ2) is 9.42. The van der Waals surface area contributed by atoms with Gasteiger partial charge < -0.3 is 14.4 Å². The molecule has 0 saturated carbocycles. The number of nitro groups is 1. The number of anilines is 1. The highest BCUT2D eigenvalue weighted by atomic mass is 16.6. The standard InChI is InChI=1S/C21H29N5O5/c1-21(2,3)17(11-14-24-12-5-4-6-13-24)25(20(27)28)19-23-22-18(31-19)15-7-9-16(10-8-15)26(29)30/h7-10,17H,4-6,11-14H2,1-3H3,(H,27,28). The Kier molecular flexibility index (Phi) is 6.89. The van der Waals surface area contributed by atoms with E-state index in [1.165, 1.54) is 43.5 Å². The molecule has 1 amide bonds. The van der Waals surface area contributed by atoms with Gasteiger partial charge in [-0.1, -0.05) is 32.3 Å². The predicted octanol–water partition coefficient (Wildman–Crippen LogP) is 4.42. The SMILES string of the molecule is CC(C)(C)C(CCN1CCCCC1)N(C(=O)O)c1nnc(-c2ccc([N+](=O)[O-])cc2)o1. The molecule has 0 radical (unpaired) electrons. The van der Waals surface area contributed by atoms with Crippen LogP contribution < -0.4 is 4.90 Å². The monoisotopic (exact) mass is 431 g/mol. The van der Waals surface area contributed by atoms with Crippen molar-refractivity contribution in [1.82, 2.24) is 15.1 Å². The average molecular weight is 431 g/mol. The molecule has 2 heterocycles. The Hall–Kier alpha value is -3.01. The molecule has 1 fully saturated rings. The topological polar surface area (TPSA) is 126 Å². The predicted molar refractivity (Wildman–Crippen MR) is 115 cm³/mol. The molecule has 31 heavy (non-hydrogen) atoms. The lowest BCUT2D eigenvalue weighted by Gasteiger charge is -2.38. The highest BCUT2D eigenvalue weighted by Gasteiger charge is 2.37. The lowest BCUT2D eigenvalue weighted by molar-refractivity contribution is -0.384. The zero-order valence-electron chi connectivity index (χ0n) is 18.2. The summed E-state index contributed by atoms with van der Waals surface area (Å²) in [6.45, 7) is 8.87. The summed E-state index contributed by atoms with van der Waals surface area (Å²) >= 11 is 0. The second-order valence-electron chi connectivity index (χ2n) is 8.92. The Morgan fingerprint density at radius 2 is 1.87 bits per heavy atom. The molecule has 2 aromatic rings. The van der Waals surface area contributed by atoms with E-state index >= 15 is 0 Å². The van der Waals surface area contributed by atoms with Crippen molar-refractivity contribution in [3.05, 3.63) is 34.4 Å². The molecular weight excluding hydrogens is 402 g/mol. The number of piperidine rings is 1. The van der Waals surface area contributed by atoms with E-state index in [1.54, 1.807) is 0 Å². The fourth-order valence-electron chi connectivity index (χ4n) is 3.94. The van der Waals surface area contributed by atoms with E-state index in [4.69, 9.17) is 4.42 Å². The first-order chi connectivity index (χ1) is 14.7. The molecule has 1 aliphatic rings. The van der Waals surface area contributed by atoms with Crippen molar-refractivity contribution in [2.24, 2.45) is 5.41 Å². The molecule has 1 aromatic carbocycles. The molecule has 1 aromatic heterocycles. The minimum Gasteiger partial charge on any atom is -0.465 e. The van der Waals surface area contributed by atoms with E-state index in [9.17, 15) is 20.0 Å². The Balaban J connectivity index is 1.83. The first-order valence-corrected chi connectivity index (χ1v) is 10.5. The summed E-state index contributed by atoms with van der Waals surface area (Å²) < 4.78 is 5.70. The van der Waals surface area contributed by atoms with Crippen molar-refractivity contribution in [2.45, 2.75) is 52.5 Å². The lowest BCUT2D eigenvalue weighted by atomic mass is 9.83. The van der Waals surface area contributed by atoms with Gasteiger partial charge in [-0.2, -0.15) is 0 Å². The van der Waals surface area contributed by atoms with Crippen LogP contribution in [0.5, 0.6) is 0 Å². The number of nitro benzene ring substituents is 1. The molecule has 0 spiro atoms. The van der Waals surface area contributed by atoms with Gasteiger partial charge in [0.1, 0.15) is 0 Å². The third-order valence-electron chi connectivity index (χ3n) is 5.63. The van der Waals surface area contributed by atoms with Gasteiger partial charge in [0.15, 0.2) is 0 Å². The molecule has 1 atom stereocenters. The van der Waals surface area contributed by atoms with Crippen molar-refractivity contribution in [3.8, 4) is 11.5 Å². The lowest BCUT2D eigenvalue weighted by Crippen LogP contribution is -2.49. The molecule has 1 saturated heterocycles. The summed E-state index contributed by atoms with van der Waals surface area (Å²) in [5.41, 5.74) is 0.0763. The van der Waals surface area contributed by atoms with Gasteiger partial charge in [0, 0.05) is 24.2 Å². The quantitative estimate of drug-likeness (QED) is 0.504. The highest BCUT2D eigenvalue weighted by molar-refractivity contribution is 5.84. The Bertz CT molecular complexity index is 900. The molecule has 1 N–H and O–H groups in total. The van der Waals surface area contributed by atoms with Crippen LogP contribution in [0.4, 0.5) is 16.5 Å². The summed E-state index contributed by atoms with van der Waals surface area (Å²) in [6.07, 6.45) is 3.08. The summed E-state index contributed by atoms with van der Waals surface area (Å²) in [6, 6.07) is 5.21. The van der Waals surface area contributed by atoms with Crippen LogP contribution in [-0.4, -0.2) is 56.9 Å². The number of carbonyl (C=O) groups is 1. The van der Waals surface area contributed by atoms with Crippen LogP contribution in [-0.2, 0) is 0 Å². The second-order valence-corrected chi connectivity index (χ2v) is 8.92. The molecule has 0 aliphatic carbocycles. The van der Waals surface area contributed by atoms with Gasteiger partial charge >= 0.3 is 12.1 Å². The van der Waals surface area contributed by atoms with Crippen molar-refractivity contribution < 1.29 is 19.2 Å². The molecule has 1 unspecified atom stereocenters. The largest absolute Gasteiger partial charge is 0.465 e. The maximum Gasteiger partial charge on any atom is 0.415 e. The van der Waals surface area contributed by atoms with Gasteiger partial charge in [0.2, 0.25) is 5.89 Å². The van der Waals surface area contributed by atoms with Gasteiger partial charge in [-0.25, -0.2) is 9.69 Å². The number of aromatic nitrogens is 2. The molecule has 1 aliphatic heterocycles. The maximum absolute atomic E-state index is 12.2. The van der Waals surface area contributed by atoms with Crippen molar-refractivity contribution in [2.75, 3.05) is 24.5 Å². The third kappa shape index (κ3) is 5.57. The number of nitrogens with zero attached hydrogens (tertiary/aromatic N) is 5. The molecule has 10 nitrogen and oxygen atoms in total. The number of hydrogen-bond acceptors (Lipinski definition) is 7. The maximum atomic E-state index is 12.2. The average Bonchev–Trinajstić information content (AvgIpc) is 3.20. The van der Waals surface area contributed by atoms with Crippen LogP contribution in [0, 0.1) is 15.5 Å². The number of likely N-dealkylation sites (tertiary alicyclic amines) is 1. The molecule has 10 heteroatoms. The van der Waals surface area contributed by atoms with Crippen LogP contribution in [0.25, 0.3) is 11.5 Å². The Morgan fingerprint density at radius 1 is 1.23 bits per heavy atom. The van der Waals surface area contributed by atoms with Gasteiger partial charge in [-0.15, -0.1) is 5.10 Å². The number of non-ortho nitro benzene ring substituents is 1. The van der Waals surface area contributed by atoms with E-state index in [-0.39, 0.29) is 29.0 Å². The summed E-state index contributed by atoms with van der Waals surface area (Å²) in [7, 11) is 0. The zero-order valence-corrected chi connectivity index (χ0v) is 18.2. The summed E-state index contributed by atoms with van der Waals surface area (Å²) in [5, 5.41) is 28.8. The minimum absolute atomic E-state index is 0.0545. The fourth-order valence-corrected chi connectivity index (χ4v) is 3.94. The normalized spacial score (nSPS) is 16.1. The highest BCUT2D eigenvalue weighted by Crippen LogP contribution is 2.33. The molecule has 3 rings (SSSR count). The molecule has 0 bridgehead atoms. The number of amides is 1. The van der Waals surface area contributed by atoms with E-state index in [2.05, 4.69) is 15.1 Å². The van der Waals surface area contributed by atoms with Gasteiger partial charge in [0.25, 0.3) is 5.69 Å². The third-order valence-corrected chi connectivity index (χ3v) is 5.63. The number of benzene rings is 1. The Morgan fingerprint density at radius 3 is 2.42 bits per heavy atom. The van der Waals surface area contributed by atoms with E-state index in [1.807, 2.05) is 20.8 Å². The van der Waals surface area contributed by atoms with Gasteiger partial charge in [-0.05, 0) is 49.9 Å². The number of hydrogen-bond donors (Lipinski definition) is 1. The smallest absolute Gasteiger partial charge is 0.415 e. The first kappa shape index (κ1) is 22.7. The van der Waals surface area contributed by atoms with Crippen molar-refractivity contribution in [1.29, 1.82) is 0 Å². The van der Waals surface area contributed by atoms with Crippen LogP contribution in [0.2, 0.25) is 0 Å². The summed E-state index contributed by atoms with van der Waals surface area (Å²) in [4.78, 5) is 26.1. The van der Waals surface area contributed by atoms with Gasteiger partial charge in [-0.3, -0.25) is 10.1 Å². The van der Waals surface area contributed by atoms with Crippen LogP contribution in [0.15, 0.2) is 28.7 Å². The fraction of sp³-hybridized carbons (Fsp3) is 0.571. The molecule has 168 valence electrons. The molecular formula is C21H29N5O5. The zero-order chi connectivity index (χ0) is 22.6. The van der Waals surface area contributed by atoms with E-state index < -0.39 is 11.0 Å². The number of rotatable bonds is 7.